The van der Waals surface area contributed by atoms with Crippen molar-refractivity contribution in [1.82, 2.24) is 10.4 Å². The molecule has 1 heterocycles. The third-order valence-electron chi connectivity index (χ3n) is 2.58. The van der Waals surface area contributed by atoms with Crippen LogP contribution in [-0.4, -0.2) is 23.5 Å². The molecule has 1 N–H and O–H groups in total. The van der Waals surface area contributed by atoms with Crippen LogP contribution >= 0.6 is 11.6 Å². The van der Waals surface area contributed by atoms with Gasteiger partial charge in [0.2, 0.25) is 5.91 Å². The smallest absolute Gasteiger partial charge is 0.275 e. The van der Waals surface area contributed by atoms with E-state index in [0.717, 1.165) is 10.6 Å². The quantitative estimate of drug-likeness (QED) is 0.908. The van der Waals surface area contributed by atoms with Gasteiger partial charge in [0.15, 0.2) is 0 Å². The maximum atomic E-state index is 11.5. The molecule has 1 fully saturated rings. The zero-order valence-corrected chi connectivity index (χ0v) is 10.6. The molecule has 1 unspecified atom stereocenters. The molecule has 0 aliphatic carbocycles. The van der Waals surface area contributed by atoms with Crippen molar-refractivity contribution in [2.75, 3.05) is 6.54 Å². The first-order valence-electron chi connectivity index (χ1n) is 5.49. The van der Waals surface area contributed by atoms with Crippen molar-refractivity contribution in [3.05, 3.63) is 34.9 Å². The lowest BCUT2D eigenvalue weighted by Crippen LogP contribution is -2.53. The van der Waals surface area contributed by atoms with Gasteiger partial charge in [0.1, 0.15) is 12.5 Å². The van der Waals surface area contributed by atoms with Crippen LogP contribution < -0.4 is 5.32 Å². The van der Waals surface area contributed by atoms with E-state index in [2.05, 4.69) is 5.32 Å². The molecule has 19 heavy (non-hydrogen) atoms. The topological polar surface area (TPSA) is 82.4 Å². The Labute approximate surface area is 114 Å². The summed E-state index contributed by atoms with van der Waals surface area (Å²) >= 11 is 5.75. The summed E-state index contributed by atoms with van der Waals surface area (Å²) in [5.41, 5.74) is 0.822. The van der Waals surface area contributed by atoms with E-state index in [0.29, 0.717) is 5.02 Å². The number of halogens is 1. The fourth-order valence-electron chi connectivity index (χ4n) is 1.53. The summed E-state index contributed by atoms with van der Waals surface area (Å²) in [7, 11) is 0. The number of rotatable bonds is 3. The second-order valence-corrected chi connectivity index (χ2v) is 4.37. The van der Waals surface area contributed by atoms with Gasteiger partial charge in [-0.1, -0.05) is 23.7 Å². The third kappa shape index (κ3) is 3.22. The number of nitrogens with zero attached hydrogens (tertiary/aromatic N) is 2. The van der Waals surface area contributed by atoms with Crippen LogP contribution in [0.2, 0.25) is 5.02 Å². The number of benzene rings is 1. The Hall–Kier alpha value is -2.10. The Balaban J connectivity index is 1.95. The molecular weight excluding hydrogens is 270 g/mol. The van der Waals surface area contributed by atoms with Crippen molar-refractivity contribution in [1.29, 1.82) is 5.26 Å². The van der Waals surface area contributed by atoms with Gasteiger partial charge >= 0.3 is 6.03 Å². The van der Waals surface area contributed by atoms with Crippen molar-refractivity contribution in [3.63, 3.8) is 0 Å². The molecule has 98 valence electrons. The molecule has 1 aromatic carbocycles. The van der Waals surface area contributed by atoms with E-state index in [1.807, 2.05) is 0 Å². The van der Waals surface area contributed by atoms with Crippen molar-refractivity contribution < 1.29 is 14.4 Å². The van der Waals surface area contributed by atoms with Crippen molar-refractivity contribution >= 4 is 23.5 Å². The summed E-state index contributed by atoms with van der Waals surface area (Å²) in [6.07, 6.45) is 0. The maximum Gasteiger partial charge on any atom is 0.348 e. The highest BCUT2D eigenvalue weighted by Crippen LogP contribution is 2.13. The minimum absolute atomic E-state index is 0.0746. The molecule has 2 rings (SSSR count). The Morgan fingerprint density at radius 1 is 1.42 bits per heavy atom. The van der Waals surface area contributed by atoms with Crippen molar-refractivity contribution in [2.45, 2.75) is 6.61 Å². The fraction of sp³-hybridized carbons (Fsp3) is 0.250. The average molecular weight is 280 g/mol. The van der Waals surface area contributed by atoms with E-state index in [1.54, 1.807) is 30.3 Å². The van der Waals surface area contributed by atoms with Crippen LogP contribution in [0.5, 0.6) is 0 Å². The highest BCUT2D eigenvalue weighted by Gasteiger charge is 2.33. The van der Waals surface area contributed by atoms with Crippen molar-refractivity contribution in [3.8, 4) is 6.07 Å². The lowest BCUT2D eigenvalue weighted by atomic mass is 10.1. The Morgan fingerprint density at radius 3 is 2.74 bits per heavy atom. The minimum Gasteiger partial charge on any atom is -0.275 e. The molecule has 7 heteroatoms. The monoisotopic (exact) mass is 279 g/mol. The van der Waals surface area contributed by atoms with Gasteiger partial charge in [0.05, 0.1) is 12.6 Å². The van der Waals surface area contributed by atoms with E-state index in [4.69, 9.17) is 21.7 Å². The minimum atomic E-state index is -0.914. The van der Waals surface area contributed by atoms with Gasteiger partial charge in [-0.25, -0.2) is 9.86 Å². The first-order chi connectivity index (χ1) is 9.10. The number of nitrogens with one attached hydrogen (secondary N) is 1. The summed E-state index contributed by atoms with van der Waals surface area (Å²) in [5.74, 6) is -1.51. The molecule has 0 radical (unpaired) electrons. The van der Waals surface area contributed by atoms with Gasteiger partial charge in [0, 0.05) is 5.02 Å². The first kappa shape index (κ1) is 13.3. The molecule has 1 aromatic rings. The predicted octanol–water partition coefficient (Wildman–Crippen LogP) is 1.46. The summed E-state index contributed by atoms with van der Waals surface area (Å²) in [4.78, 5) is 28.0. The highest BCUT2D eigenvalue weighted by atomic mass is 35.5. The molecule has 1 aliphatic rings. The number of hydroxylamine groups is 2. The molecular formula is C12H10ClN3O3. The largest absolute Gasteiger partial charge is 0.348 e. The number of carbonyl (C=O) groups is 2. The maximum absolute atomic E-state index is 11.5. The van der Waals surface area contributed by atoms with Gasteiger partial charge < -0.3 is 0 Å². The van der Waals surface area contributed by atoms with Gasteiger partial charge in [-0.2, -0.15) is 5.26 Å². The van der Waals surface area contributed by atoms with Crippen LogP contribution in [0.25, 0.3) is 0 Å². The summed E-state index contributed by atoms with van der Waals surface area (Å²) in [5, 5.41) is 12.4. The number of carbonyl (C=O) groups excluding carboxylic acids is 2. The van der Waals surface area contributed by atoms with Crippen LogP contribution in [0.4, 0.5) is 4.79 Å². The number of imide groups is 1. The molecule has 3 amide bonds. The van der Waals surface area contributed by atoms with E-state index in [1.165, 1.54) is 0 Å². The summed E-state index contributed by atoms with van der Waals surface area (Å²) < 4.78 is 0. The van der Waals surface area contributed by atoms with E-state index in [9.17, 15) is 9.59 Å². The highest BCUT2D eigenvalue weighted by molar-refractivity contribution is 6.30. The number of hydrogen-bond donors (Lipinski definition) is 1. The van der Waals surface area contributed by atoms with Crippen LogP contribution in [0.15, 0.2) is 24.3 Å². The first-order valence-corrected chi connectivity index (χ1v) is 5.87. The molecule has 0 spiro atoms. The predicted molar refractivity (Wildman–Crippen MR) is 65.6 cm³/mol. The summed E-state index contributed by atoms with van der Waals surface area (Å²) in [6.45, 7) is 0.0751. The standard InChI is InChI=1S/C12H10ClN3O3/c13-10-3-1-8(2-4-10)7-19-16-6-9(5-14)11(17)15-12(16)18/h1-4,9H,6-7H2,(H,15,17,18). The number of nitriles is 1. The molecule has 1 saturated heterocycles. The van der Waals surface area contributed by atoms with E-state index in [-0.39, 0.29) is 13.2 Å². The van der Waals surface area contributed by atoms with Gasteiger partial charge in [-0.3, -0.25) is 14.9 Å². The van der Waals surface area contributed by atoms with Crippen molar-refractivity contribution in [2.24, 2.45) is 5.92 Å². The van der Waals surface area contributed by atoms with Gasteiger partial charge in [0.25, 0.3) is 0 Å². The number of urea groups is 1. The Morgan fingerprint density at radius 2 is 2.11 bits per heavy atom. The molecule has 0 aromatic heterocycles. The molecule has 0 saturated carbocycles. The number of amides is 3. The molecule has 0 bridgehead atoms. The average Bonchev–Trinajstić information content (AvgIpc) is 2.40. The molecule has 1 aliphatic heterocycles. The molecule has 1 atom stereocenters. The lowest BCUT2D eigenvalue weighted by Gasteiger charge is -2.27. The van der Waals surface area contributed by atoms with Gasteiger partial charge in [-0.15, -0.1) is 0 Å². The third-order valence-corrected chi connectivity index (χ3v) is 2.83. The molecule has 6 nitrogen and oxygen atoms in total. The second-order valence-electron chi connectivity index (χ2n) is 3.94. The Bertz CT molecular complexity index is 538. The van der Waals surface area contributed by atoms with Crippen LogP contribution in [0.3, 0.4) is 0 Å². The van der Waals surface area contributed by atoms with Crippen LogP contribution in [0.1, 0.15) is 5.56 Å². The fourth-order valence-corrected chi connectivity index (χ4v) is 1.66. The van der Waals surface area contributed by atoms with E-state index >= 15 is 0 Å². The number of hydrogen-bond acceptors (Lipinski definition) is 4. The van der Waals surface area contributed by atoms with Crippen LogP contribution in [0, 0.1) is 17.2 Å². The Kier molecular flexibility index (Phi) is 4.00. The van der Waals surface area contributed by atoms with Gasteiger partial charge in [-0.05, 0) is 17.7 Å². The second kappa shape index (κ2) is 5.69. The lowest BCUT2D eigenvalue weighted by molar-refractivity contribution is -0.152. The summed E-state index contributed by atoms with van der Waals surface area (Å²) in [6, 6.07) is 8.08. The van der Waals surface area contributed by atoms with Crippen LogP contribution in [-0.2, 0) is 16.2 Å². The zero-order chi connectivity index (χ0) is 13.8. The normalized spacial score (nSPS) is 18.9. The zero-order valence-electron chi connectivity index (χ0n) is 9.80. The SMILES string of the molecule is N#CC1CN(OCc2ccc(Cl)cc2)C(=O)NC1=O. The van der Waals surface area contributed by atoms with E-state index < -0.39 is 17.9 Å².